The molecule has 2 N–H and O–H groups in total. The maximum Gasteiger partial charge on any atom is 0.214 e. The molecule has 0 spiro atoms. The van der Waals surface area contributed by atoms with Crippen LogP contribution in [0.25, 0.3) is 0 Å². The van der Waals surface area contributed by atoms with Gasteiger partial charge in [0.25, 0.3) is 0 Å². The van der Waals surface area contributed by atoms with Crippen molar-refractivity contribution in [2.24, 2.45) is 0 Å². The Morgan fingerprint density at radius 2 is 2.27 bits per heavy atom. The van der Waals surface area contributed by atoms with Crippen molar-refractivity contribution in [3.63, 3.8) is 0 Å². The van der Waals surface area contributed by atoms with Gasteiger partial charge in [0.2, 0.25) is 10.0 Å². The van der Waals surface area contributed by atoms with Crippen molar-refractivity contribution in [3.05, 3.63) is 21.9 Å². The Morgan fingerprint density at radius 3 is 2.87 bits per heavy atom. The normalized spacial score (nSPS) is 11.9. The fourth-order valence-corrected chi connectivity index (χ4v) is 2.96. The molecule has 0 fully saturated rings. The van der Waals surface area contributed by atoms with E-state index < -0.39 is 10.0 Å². The van der Waals surface area contributed by atoms with Crippen molar-refractivity contribution in [2.45, 2.75) is 19.9 Å². The lowest BCUT2D eigenvalue weighted by Gasteiger charge is -2.05. The lowest BCUT2D eigenvalue weighted by molar-refractivity contribution is 0.319. The summed E-state index contributed by atoms with van der Waals surface area (Å²) in [5.74, 6) is -0.236. The minimum Gasteiger partial charge on any atom is -0.395 e. The molecule has 0 aliphatic carbocycles. The zero-order valence-electron chi connectivity index (χ0n) is 8.56. The number of aliphatic hydroxyl groups is 1. The molecule has 0 aromatic carbocycles. The van der Waals surface area contributed by atoms with E-state index >= 15 is 0 Å². The van der Waals surface area contributed by atoms with Crippen molar-refractivity contribution in [3.8, 4) is 0 Å². The molecule has 86 valence electrons. The standard InChI is InChI=1S/C9H15NO3S2/c1-2-8-3-5-14-9(8)7-10-15(12,13)6-4-11/h3,5,10-11H,2,4,6-7H2,1H3. The predicted octanol–water partition coefficient (Wildman–Crippen LogP) is 0.722. The van der Waals surface area contributed by atoms with Crippen molar-refractivity contribution in [1.29, 1.82) is 0 Å². The van der Waals surface area contributed by atoms with Gasteiger partial charge in [-0.2, -0.15) is 0 Å². The second-order valence-electron chi connectivity index (χ2n) is 3.09. The average Bonchev–Trinajstić information content (AvgIpc) is 2.62. The largest absolute Gasteiger partial charge is 0.395 e. The minimum absolute atomic E-state index is 0.236. The Labute approximate surface area is 94.0 Å². The van der Waals surface area contributed by atoms with E-state index in [1.165, 1.54) is 5.56 Å². The topological polar surface area (TPSA) is 66.4 Å². The molecule has 1 heterocycles. The first-order valence-electron chi connectivity index (χ1n) is 4.72. The summed E-state index contributed by atoms with van der Waals surface area (Å²) in [5, 5.41) is 10.5. The van der Waals surface area contributed by atoms with Crippen LogP contribution in [0.4, 0.5) is 0 Å². The van der Waals surface area contributed by atoms with Crippen molar-refractivity contribution >= 4 is 21.4 Å². The van der Waals surface area contributed by atoms with Crippen molar-refractivity contribution < 1.29 is 13.5 Å². The highest BCUT2D eigenvalue weighted by Gasteiger charge is 2.10. The molecule has 0 aliphatic rings. The molecule has 15 heavy (non-hydrogen) atoms. The molecule has 0 aliphatic heterocycles. The molecule has 0 saturated carbocycles. The van der Waals surface area contributed by atoms with Crippen LogP contribution < -0.4 is 4.72 Å². The fraction of sp³-hybridized carbons (Fsp3) is 0.556. The maximum atomic E-state index is 11.3. The number of sulfonamides is 1. The van der Waals surface area contributed by atoms with Gasteiger partial charge < -0.3 is 5.11 Å². The molecular formula is C9H15NO3S2. The zero-order chi connectivity index (χ0) is 11.3. The summed E-state index contributed by atoms with van der Waals surface area (Å²) in [6.45, 7) is 2.01. The molecule has 0 unspecified atom stereocenters. The van der Waals surface area contributed by atoms with Crippen LogP contribution in [-0.4, -0.2) is 25.9 Å². The molecule has 1 aromatic heterocycles. The van der Waals surface area contributed by atoms with E-state index in [2.05, 4.69) is 4.72 Å². The predicted molar refractivity (Wildman–Crippen MR) is 61.4 cm³/mol. The number of aryl methyl sites for hydroxylation is 1. The van der Waals surface area contributed by atoms with E-state index in [0.717, 1.165) is 11.3 Å². The Bertz CT molecular complexity index is 397. The van der Waals surface area contributed by atoms with E-state index in [9.17, 15) is 8.42 Å². The summed E-state index contributed by atoms with van der Waals surface area (Å²) < 4.78 is 25.0. The van der Waals surface area contributed by atoms with Crippen LogP contribution in [0.2, 0.25) is 0 Å². The van der Waals surface area contributed by atoms with Crippen LogP contribution >= 0.6 is 11.3 Å². The van der Waals surface area contributed by atoms with Gasteiger partial charge >= 0.3 is 0 Å². The number of hydrogen-bond donors (Lipinski definition) is 2. The van der Waals surface area contributed by atoms with E-state index in [4.69, 9.17) is 5.11 Å². The Hall–Kier alpha value is -0.430. The summed E-state index contributed by atoms with van der Waals surface area (Å²) in [4.78, 5) is 1.04. The summed E-state index contributed by atoms with van der Waals surface area (Å²) in [5.41, 5.74) is 1.17. The highest BCUT2D eigenvalue weighted by Crippen LogP contribution is 2.17. The van der Waals surface area contributed by atoms with E-state index in [-0.39, 0.29) is 12.4 Å². The fourth-order valence-electron chi connectivity index (χ4n) is 1.20. The maximum absolute atomic E-state index is 11.3. The molecule has 0 radical (unpaired) electrons. The van der Waals surface area contributed by atoms with Gasteiger partial charge in [-0.1, -0.05) is 6.92 Å². The van der Waals surface area contributed by atoms with Gasteiger partial charge in [0.1, 0.15) is 0 Å². The second-order valence-corrected chi connectivity index (χ2v) is 6.01. The number of hydrogen-bond acceptors (Lipinski definition) is 4. The molecule has 1 aromatic rings. The first kappa shape index (κ1) is 12.6. The monoisotopic (exact) mass is 249 g/mol. The first-order chi connectivity index (χ1) is 7.09. The highest BCUT2D eigenvalue weighted by atomic mass is 32.2. The van der Waals surface area contributed by atoms with Gasteiger partial charge in [-0.15, -0.1) is 11.3 Å². The molecule has 0 saturated heterocycles. The van der Waals surface area contributed by atoms with Crippen molar-refractivity contribution in [2.75, 3.05) is 12.4 Å². The molecular weight excluding hydrogens is 234 g/mol. The van der Waals surface area contributed by atoms with Crippen LogP contribution in [-0.2, 0) is 23.0 Å². The number of thiophene rings is 1. The summed E-state index contributed by atoms with van der Waals surface area (Å²) in [6, 6.07) is 2.00. The molecule has 0 amide bonds. The lowest BCUT2D eigenvalue weighted by atomic mass is 10.2. The SMILES string of the molecule is CCc1ccsc1CNS(=O)(=O)CCO. The number of nitrogens with one attached hydrogen (secondary N) is 1. The van der Waals surface area contributed by atoms with Gasteiger partial charge in [0.05, 0.1) is 12.4 Å². The summed E-state index contributed by atoms with van der Waals surface area (Å²) in [6.07, 6.45) is 0.903. The van der Waals surface area contributed by atoms with Gasteiger partial charge in [-0.3, -0.25) is 0 Å². The minimum atomic E-state index is -3.33. The smallest absolute Gasteiger partial charge is 0.214 e. The molecule has 6 heteroatoms. The van der Waals surface area contributed by atoms with Crippen LogP contribution in [0.5, 0.6) is 0 Å². The van der Waals surface area contributed by atoms with Crippen LogP contribution in [0, 0.1) is 0 Å². The lowest BCUT2D eigenvalue weighted by Crippen LogP contribution is -2.27. The third-order valence-corrected chi connectivity index (χ3v) is 4.30. The quantitative estimate of drug-likeness (QED) is 0.781. The van der Waals surface area contributed by atoms with Gasteiger partial charge in [-0.05, 0) is 23.4 Å². The summed E-state index contributed by atoms with van der Waals surface area (Å²) in [7, 11) is -3.33. The van der Waals surface area contributed by atoms with Crippen LogP contribution in [0.15, 0.2) is 11.4 Å². The van der Waals surface area contributed by atoms with E-state index in [1.54, 1.807) is 11.3 Å². The third-order valence-electron chi connectivity index (χ3n) is 2.03. The summed E-state index contributed by atoms with van der Waals surface area (Å²) >= 11 is 1.54. The van der Waals surface area contributed by atoms with E-state index in [0.29, 0.717) is 6.54 Å². The van der Waals surface area contributed by atoms with Crippen molar-refractivity contribution in [1.82, 2.24) is 4.72 Å². The molecule has 1 rings (SSSR count). The first-order valence-corrected chi connectivity index (χ1v) is 7.25. The highest BCUT2D eigenvalue weighted by molar-refractivity contribution is 7.89. The Kier molecular flexibility index (Phi) is 4.72. The second kappa shape index (κ2) is 5.60. The van der Waals surface area contributed by atoms with Gasteiger partial charge in [-0.25, -0.2) is 13.1 Å². The van der Waals surface area contributed by atoms with E-state index in [1.807, 2.05) is 18.4 Å². The van der Waals surface area contributed by atoms with Crippen LogP contribution in [0.3, 0.4) is 0 Å². The number of aliphatic hydroxyl groups excluding tert-OH is 1. The average molecular weight is 249 g/mol. The number of rotatable bonds is 6. The zero-order valence-corrected chi connectivity index (χ0v) is 10.2. The molecule has 0 atom stereocenters. The van der Waals surface area contributed by atoms with Gasteiger partial charge in [0, 0.05) is 11.4 Å². The third kappa shape index (κ3) is 3.90. The van der Waals surface area contributed by atoms with Gasteiger partial charge in [0.15, 0.2) is 0 Å². The van der Waals surface area contributed by atoms with Crippen LogP contribution in [0.1, 0.15) is 17.4 Å². The molecule has 0 bridgehead atoms. The Balaban J connectivity index is 2.57. The molecule has 4 nitrogen and oxygen atoms in total. The Morgan fingerprint density at radius 1 is 1.53 bits per heavy atom.